The molecule has 1 aromatic carbocycles. The minimum absolute atomic E-state index is 0.00668. The van der Waals surface area contributed by atoms with Gasteiger partial charge in [0.2, 0.25) is 17.7 Å². The van der Waals surface area contributed by atoms with E-state index in [-0.39, 0.29) is 31.2 Å². The lowest BCUT2D eigenvalue weighted by Crippen LogP contribution is -2.53. The predicted molar refractivity (Wildman–Crippen MR) is 161 cm³/mol. The highest BCUT2D eigenvalue weighted by molar-refractivity contribution is 5.97. The lowest BCUT2D eigenvalue weighted by molar-refractivity contribution is -0.132. The van der Waals surface area contributed by atoms with Crippen molar-refractivity contribution in [3.8, 4) is 18.1 Å². The molecule has 0 radical (unpaired) electrons. The highest BCUT2D eigenvalue weighted by atomic mass is 16.6. The molecule has 3 N–H and O–H groups in total. The van der Waals surface area contributed by atoms with E-state index in [0.717, 1.165) is 30.6 Å². The van der Waals surface area contributed by atoms with Crippen LogP contribution in [-0.2, 0) is 28.7 Å². The number of hydrogen-bond donors (Lipinski definition) is 3. The zero-order valence-corrected chi connectivity index (χ0v) is 25.4. The summed E-state index contributed by atoms with van der Waals surface area (Å²) in [5, 5.41) is 7.90. The van der Waals surface area contributed by atoms with Crippen molar-refractivity contribution in [2.75, 3.05) is 53.1 Å². The van der Waals surface area contributed by atoms with Crippen molar-refractivity contribution in [1.82, 2.24) is 20.9 Å². The van der Waals surface area contributed by atoms with E-state index >= 15 is 0 Å². The first-order chi connectivity index (χ1) is 20.6. The number of amides is 3. The Labute approximate surface area is 254 Å². The SMILES string of the molecule is C#CCC(NC(=O)CN1CCOCC1)C(=O)NCC(=O)NC(CC1=CCCC1)C(=O)C1(C)CO1.COc1ccc(C)cc1. The molecule has 0 spiro atoms. The quantitative estimate of drug-likeness (QED) is 0.176. The lowest BCUT2D eigenvalue weighted by Gasteiger charge is -2.26. The first-order valence-electron chi connectivity index (χ1n) is 14.7. The molecule has 11 heteroatoms. The van der Waals surface area contributed by atoms with Crippen LogP contribution in [0.1, 0.15) is 44.6 Å². The molecule has 0 bridgehead atoms. The Balaban J connectivity index is 0.000000480. The third-order valence-electron chi connectivity index (χ3n) is 7.48. The van der Waals surface area contributed by atoms with Crippen molar-refractivity contribution in [2.24, 2.45) is 0 Å². The molecule has 2 aliphatic heterocycles. The van der Waals surface area contributed by atoms with Crippen molar-refractivity contribution in [1.29, 1.82) is 0 Å². The summed E-state index contributed by atoms with van der Waals surface area (Å²) in [5.41, 5.74) is 1.54. The van der Waals surface area contributed by atoms with Gasteiger partial charge in [-0.05, 0) is 51.7 Å². The summed E-state index contributed by atoms with van der Waals surface area (Å²) < 4.78 is 15.5. The number of aryl methyl sites for hydroxylation is 1. The van der Waals surface area contributed by atoms with Crippen LogP contribution in [0.3, 0.4) is 0 Å². The Hall–Kier alpha value is -3.72. The number of benzene rings is 1. The molecule has 43 heavy (non-hydrogen) atoms. The molecule has 1 aromatic rings. The van der Waals surface area contributed by atoms with Gasteiger partial charge >= 0.3 is 0 Å². The third-order valence-corrected chi connectivity index (χ3v) is 7.48. The van der Waals surface area contributed by atoms with Gasteiger partial charge in [-0.3, -0.25) is 24.1 Å². The van der Waals surface area contributed by atoms with Gasteiger partial charge in [0, 0.05) is 19.5 Å². The molecule has 234 valence electrons. The van der Waals surface area contributed by atoms with Gasteiger partial charge < -0.3 is 30.2 Å². The molecule has 1 aliphatic carbocycles. The number of ketones is 1. The van der Waals surface area contributed by atoms with Crippen LogP contribution >= 0.6 is 0 Å². The fourth-order valence-electron chi connectivity index (χ4n) is 4.75. The van der Waals surface area contributed by atoms with Gasteiger partial charge in [-0.1, -0.05) is 29.3 Å². The zero-order chi connectivity index (χ0) is 31.2. The summed E-state index contributed by atoms with van der Waals surface area (Å²) in [7, 11) is 1.67. The highest BCUT2D eigenvalue weighted by Crippen LogP contribution is 2.31. The van der Waals surface area contributed by atoms with E-state index in [2.05, 4.69) is 34.9 Å². The van der Waals surface area contributed by atoms with E-state index in [1.54, 1.807) is 14.0 Å². The standard InChI is InChI=1S/C24H34N4O6.C8H10O/c1-3-6-18(26-21(30)15-28-9-11-33-12-10-28)23(32)25-14-20(29)27-19(13-17-7-4-5-8-17)22(31)24(2)16-34-24;1-7-3-5-8(9-2)6-4-7/h1,7,18-19H,4-6,8-16H2,2H3,(H,25,32)(H,26,30)(H,27,29);3-6H,1-2H3. The lowest BCUT2D eigenvalue weighted by atomic mass is 9.94. The Morgan fingerprint density at radius 1 is 1.09 bits per heavy atom. The first kappa shape index (κ1) is 33.8. The molecule has 3 unspecified atom stereocenters. The summed E-state index contributed by atoms with van der Waals surface area (Å²) in [6, 6.07) is 6.30. The summed E-state index contributed by atoms with van der Waals surface area (Å²) in [6.45, 7) is 6.30. The predicted octanol–water partition coefficient (Wildman–Crippen LogP) is 1.29. The monoisotopic (exact) mass is 596 g/mol. The van der Waals surface area contributed by atoms with Crippen LogP contribution in [0, 0.1) is 19.3 Å². The van der Waals surface area contributed by atoms with Gasteiger partial charge in [-0.15, -0.1) is 12.3 Å². The van der Waals surface area contributed by atoms with Crippen LogP contribution in [0.5, 0.6) is 5.75 Å². The molecule has 3 aliphatic rings. The number of hydrogen-bond acceptors (Lipinski definition) is 8. The topological polar surface area (TPSA) is 139 Å². The Morgan fingerprint density at radius 2 is 1.77 bits per heavy atom. The first-order valence-corrected chi connectivity index (χ1v) is 14.7. The summed E-state index contributed by atoms with van der Waals surface area (Å²) in [5.74, 6) is 1.76. The van der Waals surface area contributed by atoms with Gasteiger partial charge in [-0.25, -0.2) is 0 Å². The van der Waals surface area contributed by atoms with Crippen molar-refractivity contribution >= 4 is 23.5 Å². The number of Topliss-reactive ketones (excluding diaryl/α,β-unsaturated/α-hetero) is 1. The number of nitrogens with one attached hydrogen (secondary N) is 3. The molecule has 0 saturated carbocycles. The molecular weight excluding hydrogens is 552 g/mol. The summed E-state index contributed by atoms with van der Waals surface area (Å²) in [4.78, 5) is 52.3. The van der Waals surface area contributed by atoms with E-state index in [1.165, 1.54) is 5.56 Å². The van der Waals surface area contributed by atoms with E-state index in [0.29, 0.717) is 39.3 Å². The van der Waals surface area contributed by atoms with Gasteiger partial charge in [0.05, 0.1) is 46.1 Å². The summed E-state index contributed by atoms with van der Waals surface area (Å²) >= 11 is 0. The van der Waals surface area contributed by atoms with Gasteiger partial charge in [0.25, 0.3) is 0 Å². The maximum atomic E-state index is 12.8. The smallest absolute Gasteiger partial charge is 0.244 e. The number of nitrogens with zero attached hydrogens (tertiary/aromatic N) is 1. The van der Waals surface area contributed by atoms with Crippen molar-refractivity contribution in [3.63, 3.8) is 0 Å². The Kier molecular flexibility index (Phi) is 13.2. The van der Waals surface area contributed by atoms with Crippen LogP contribution in [0.25, 0.3) is 0 Å². The minimum Gasteiger partial charge on any atom is -0.497 e. The number of epoxide rings is 1. The maximum absolute atomic E-state index is 12.8. The number of terminal acetylenes is 1. The van der Waals surface area contributed by atoms with Crippen LogP contribution in [0.2, 0.25) is 0 Å². The van der Waals surface area contributed by atoms with E-state index in [1.807, 2.05) is 29.2 Å². The van der Waals surface area contributed by atoms with Gasteiger partial charge in [0.15, 0.2) is 5.78 Å². The average Bonchev–Trinajstić information content (AvgIpc) is 3.54. The third kappa shape index (κ3) is 11.5. The number of methoxy groups -OCH3 is 1. The Morgan fingerprint density at radius 3 is 2.35 bits per heavy atom. The van der Waals surface area contributed by atoms with E-state index in [9.17, 15) is 19.2 Å². The maximum Gasteiger partial charge on any atom is 0.244 e. The zero-order valence-electron chi connectivity index (χ0n) is 25.4. The molecule has 11 nitrogen and oxygen atoms in total. The number of carbonyl (C=O) groups excluding carboxylic acids is 4. The second-order valence-electron chi connectivity index (χ2n) is 11.1. The van der Waals surface area contributed by atoms with E-state index < -0.39 is 29.5 Å². The average molecular weight is 597 g/mol. The summed E-state index contributed by atoms with van der Waals surface area (Å²) in [6.07, 6.45) is 10.8. The van der Waals surface area contributed by atoms with Crippen molar-refractivity contribution < 1.29 is 33.4 Å². The fourth-order valence-corrected chi connectivity index (χ4v) is 4.75. The normalized spacial score (nSPS) is 20.7. The molecule has 3 atom stereocenters. The molecule has 4 rings (SSSR count). The number of rotatable bonds is 13. The molecule has 2 heterocycles. The fraction of sp³-hybridized carbons (Fsp3) is 0.562. The molecule has 2 fully saturated rings. The number of allylic oxidation sites excluding steroid dienone is 1. The van der Waals surface area contributed by atoms with Crippen LogP contribution in [0.15, 0.2) is 35.9 Å². The van der Waals surface area contributed by atoms with Crippen molar-refractivity contribution in [3.05, 3.63) is 41.5 Å². The molecule has 3 amide bonds. The molecule has 2 saturated heterocycles. The Bertz CT molecular complexity index is 1180. The van der Waals surface area contributed by atoms with Crippen LogP contribution in [0.4, 0.5) is 0 Å². The van der Waals surface area contributed by atoms with Gasteiger partial charge in [-0.2, -0.15) is 0 Å². The minimum atomic E-state index is -0.953. The van der Waals surface area contributed by atoms with Gasteiger partial charge in [0.1, 0.15) is 17.4 Å². The van der Waals surface area contributed by atoms with Crippen LogP contribution < -0.4 is 20.7 Å². The number of carbonyl (C=O) groups is 4. The molecule has 0 aromatic heterocycles. The second kappa shape index (κ2) is 16.8. The highest BCUT2D eigenvalue weighted by Gasteiger charge is 2.50. The largest absolute Gasteiger partial charge is 0.497 e. The van der Waals surface area contributed by atoms with Crippen molar-refractivity contribution in [2.45, 2.75) is 63.6 Å². The number of ether oxygens (including phenoxy) is 3. The van der Waals surface area contributed by atoms with Crippen LogP contribution in [-0.4, -0.2) is 99.2 Å². The van der Waals surface area contributed by atoms with E-state index in [4.69, 9.17) is 20.6 Å². The molecular formula is C32H44N4O7. The number of morpholine rings is 1. The second-order valence-corrected chi connectivity index (χ2v) is 11.1.